The smallest absolute Gasteiger partial charge is 0.101 e. The summed E-state index contributed by atoms with van der Waals surface area (Å²) in [5.41, 5.74) is 0. The Labute approximate surface area is 78.0 Å². The van der Waals surface area contributed by atoms with Crippen LogP contribution >= 0.6 is 11.8 Å². The molecule has 12 heavy (non-hydrogen) atoms. The second-order valence-corrected chi connectivity index (χ2v) is 3.51. The number of nitrogens with zero attached hydrogens (tertiary/aromatic N) is 2. The van der Waals surface area contributed by atoms with Crippen molar-refractivity contribution in [2.75, 3.05) is 20.3 Å². The van der Waals surface area contributed by atoms with Gasteiger partial charge in [-0.3, -0.25) is 0 Å². The van der Waals surface area contributed by atoms with Gasteiger partial charge in [0.2, 0.25) is 0 Å². The van der Waals surface area contributed by atoms with Gasteiger partial charge in [-0.1, -0.05) is 0 Å². The van der Waals surface area contributed by atoms with E-state index in [4.69, 9.17) is 21.8 Å². The van der Waals surface area contributed by atoms with E-state index >= 15 is 0 Å². The number of nitriles is 1. The molecule has 1 aliphatic rings. The highest BCUT2D eigenvalue weighted by atomic mass is 35.5. The zero-order chi connectivity index (χ0) is 8.97. The van der Waals surface area contributed by atoms with E-state index in [-0.39, 0.29) is 12.6 Å². The third-order valence-electron chi connectivity index (χ3n) is 2.09. The molecule has 1 rings (SSSR count). The van der Waals surface area contributed by atoms with Crippen LogP contribution in [0.2, 0.25) is 0 Å². The van der Waals surface area contributed by atoms with Crippen molar-refractivity contribution in [3.63, 3.8) is 0 Å². The quantitative estimate of drug-likeness (QED) is 0.483. The molecule has 0 aromatic carbocycles. The Balaban J connectivity index is 2.35. The van der Waals surface area contributed by atoms with Gasteiger partial charge in [-0.25, -0.2) is 4.42 Å². The van der Waals surface area contributed by atoms with E-state index in [0.29, 0.717) is 12.5 Å². The minimum atomic E-state index is 0.219. The van der Waals surface area contributed by atoms with Crippen molar-refractivity contribution >= 4 is 11.8 Å². The Kier molecular flexibility index (Phi) is 3.80. The first-order valence-electron chi connectivity index (χ1n) is 4.08. The molecule has 0 radical (unpaired) electrons. The van der Waals surface area contributed by atoms with Crippen molar-refractivity contribution in [3.8, 4) is 6.07 Å². The molecule has 3 nitrogen and oxygen atoms in total. The van der Waals surface area contributed by atoms with Gasteiger partial charge in [0.1, 0.15) is 6.54 Å². The first-order valence-corrected chi connectivity index (χ1v) is 4.41. The van der Waals surface area contributed by atoms with Gasteiger partial charge in [-0.2, -0.15) is 5.26 Å². The number of hydrogen-bond acceptors (Lipinski definition) is 3. The lowest BCUT2D eigenvalue weighted by molar-refractivity contribution is 0.128. The molecule has 1 fully saturated rings. The monoisotopic (exact) mass is 188 g/mol. The maximum absolute atomic E-state index is 8.44. The van der Waals surface area contributed by atoms with Crippen LogP contribution in [-0.4, -0.2) is 30.7 Å². The molecule has 1 atom stereocenters. The van der Waals surface area contributed by atoms with Crippen LogP contribution in [0.4, 0.5) is 0 Å². The highest BCUT2D eigenvalue weighted by Crippen LogP contribution is 2.35. The van der Waals surface area contributed by atoms with Crippen molar-refractivity contribution in [2.24, 2.45) is 5.92 Å². The van der Waals surface area contributed by atoms with Gasteiger partial charge in [0.05, 0.1) is 18.7 Å². The molecular weight excluding hydrogens is 176 g/mol. The molecule has 0 N–H and O–H groups in total. The number of hydrogen-bond donors (Lipinski definition) is 0. The molecule has 0 unspecified atom stereocenters. The molecule has 0 saturated heterocycles. The zero-order valence-corrected chi connectivity index (χ0v) is 7.92. The van der Waals surface area contributed by atoms with E-state index in [1.807, 2.05) is 6.07 Å². The molecule has 0 bridgehead atoms. The second-order valence-electron chi connectivity index (χ2n) is 3.08. The van der Waals surface area contributed by atoms with Crippen LogP contribution in [0.5, 0.6) is 0 Å². The van der Waals surface area contributed by atoms with Gasteiger partial charge in [0, 0.05) is 7.11 Å². The van der Waals surface area contributed by atoms with Crippen LogP contribution in [0.3, 0.4) is 0 Å². The van der Waals surface area contributed by atoms with Crippen LogP contribution in [-0.2, 0) is 4.74 Å². The summed E-state index contributed by atoms with van der Waals surface area (Å²) in [6, 6.07) is 2.25. The van der Waals surface area contributed by atoms with Gasteiger partial charge in [-0.15, -0.1) is 0 Å². The molecule has 68 valence electrons. The summed E-state index contributed by atoms with van der Waals surface area (Å²) in [6.07, 6.45) is 2.42. The number of ether oxygens (including phenoxy) is 1. The highest BCUT2D eigenvalue weighted by molar-refractivity contribution is 6.13. The maximum Gasteiger partial charge on any atom is 0.101 e. The summed E-state index contributed by atoms with van der Waals surface area (Å²) in [6.45, 7) is 0.891. The standard InChI is InChI=1S/C8H13ClN2O/c1-12-6-8(7-2-3-7)11(9)5-4-10/h7-8H,2-3,5-6H2,1H3/t8-/m1/s1. The third kappa shape index (κ3) is 2.63. The Bertz CT molecular complexity index is 176. The summed E-state index contributed by atoms with van der Waals surface area (Å²) < 4.78 is 6.59. The fourth-order valence-electron chi connectivity index (χ4n) is 1.28. The predicted octanol–water partition coefficient (Wildman–Crippen LogP) is 1.39. The molecule has 4 heteroatoms. The van der Waals surface area contributed by atoms with E-state index in [0.717, 1.165) is 0 Å². The molecule has 1 saturated carbocycles. The second kappa shape index (κ2) is 4.66. The molecular formula is C8H13ClN2O. The topological polar surface area (TPSA) is 36.3 Å². The highest BCUT2D eigenvalue weighted by Gasteiger charge is 2.34. The molecule has 1 aliphatic carbocycles. The van der Waals surface area contributed by atoms with Gasteiger partial charge in [0.25, 0.3) is 0 Å². The van der Waals surface area contributed by atoms with Crippen molar-refractivity contribution in [1.29, 1.82) is 5.26 Å². The predicted molar refractivity (Wildman–Crippen MR) is 46.6 cm³/mol. The lowest BCUT2D eigenvalue weighted by atomic mass is 10.2. The van der Waals surface area contributed by atoms with Crippen LogP contribution in [0, 0.1) is 17.2 Å². The lowest BCUT2D eigenvalue weighted by Crippen LogP contribution is -2.33. The number of methoxy groups -OCH3 is 1. The van der Waals surface area contributed by atoms with Crippen LogP contribution in [0.15, 0.2) is 0 Å². The Morgan fingerprint density at radius 3 is 2.83 bits per heavy atom. The summed E-state index contributed by atoms with van der Waals surface area (Å²) in [5, 5.41) is 8.44. The number of halogens is 1. The summed E-state index contributed by atoms with van der Waals surface area (Å²) in [5.74, 6) is 0.635. The molecule has 0 heterocycles. The minimum Gasteiger partial charge on any atom is -0.383 e. The first kappa shape index (κ1) is 9.79. The van der Waals surface area contributed by atoms with E-state index in [1.165, 1.54) is 12.8 Å². The maximum atomic E-state index is 8.44. The average Bonchev–Trinajstić information content (AvgIpc) is 2.83. The fourth-order valence-corrected chi connectivity index (χ4v) is 1.55. The largest absolute Gasteiger partial charge is 0.383 e. The van der Waals surface area contributed by atoms with Gasteiger partial charge in [-0.05, 0) is 30.5 Å². The SMILES string of the molecule is COC[C@H](C1CC1)N(Cl)CC#N. The van der Waals surface area contributed by atoms with Crippen LogP contribution in [0.1, 0.15) is 12.8 Å². The summed E-state index contributed by atoms with van der Waals surface area (Å²) in [4.78, 5) is 0. The van der Waals surface area contributed by atoms with Crippen LogP contribution < -0.4 is 0 Å². The van der Waals surface area contributed by atoms with E-state index < -0.39 is 0 Å². The Morgan fingerprint density at radius 1 is 1.75 bits per heavy atom. The van der Waals surface area contributed by atoms with Crippen molar-refractivity contribution in [2.45, 2.75) is 18.9 Å². The van der Waals surface area contributed by atoms with Gasteiger partial charge < -0.3 is 4.74 Å². The summed E-state index contributed by atoms with van der Waals surface area (Å²) >= 11 is 5.89. The first-order chi connectivity index (χ1) is 5.79. The molecule has 0 aromatic rings. The Hall–Kier alpha value is -0.300. The van der Waals surface area contributed by atoms with Crippen molar-refractivity contribution in [3.05, 3.63) is 0 Å². The lowest BCUT2D eigenvalue weighted by Gasteiger charge is -2.21. The minimum absolute atomic E-state index is 0.219. The fraction of sp³-hybridized carbons (Fsp3) is 0.875. The zero-order valence-electron chi connectivity index (χ0n) is 7.16. The third-order valence-corrected chi connectivity index (χ3v) is 2.46. The molecule has 0 spiro atoms. The van der Waals surface area contributed by atoms with E-state index in [1.54, 1.807) is 11.5 Å². The normalized spacial score (nSPS) is 19.2. The van der Waals surface area contributed by atoms with Crippen molar-refractivity contribution < 1.29 is 4.74 Å². The van der Waals surface area contributed by atoms with E-state index in [2.05, 4.69) is 0 Å². The number of rotatable bonds is 5. The molecule has 0 aliphatic heterocycles. The van der Waals surface area contributed by atoms with E-state index in [9.17, 15) is 0 Å². The van der Waals surface area contributed by atoms with Crippen molar-refractivity contribution in [1.82, 2.24) is 4.42 Å². The van der Waals surface area contributed by atoms with Crippen LogP contribution in [0.25, 0.3) is 0 Å². The molecule has 0 aromatic heterocycles. The average molecular weight is 189 g/mol. The Morgan fingerprint density at radius 2 is 2.42 bits per heavy atom. The van der Waals surface area contributed by atoms with Gasteiger partial charge >= 0.3 is 0 Å². The van der Waals surface area contributed by atoms with Gasteiger partial charge in [0.15, 0.2) is 0 Å². The summed E-state index contributed by atoms with van der Waals surface area (Å²) in [7, 11) is 1.66. The molecule has 0 amide bonds.